The molecule has 0 bridgehead atoms. The van der Waals surface area contributed by atoms with E-state index in [-0.39, 0.29) is 17.3 Å². The number of para-hydroxylation sites is 1. The minimum Gasteiger partial charge on any atom is -0.325 e. The Morgan fingerprint density at radius 3 is 2.50 bits per heavy atom. The van der Waals surface area contributed by atoms with Crippen LogP contribution in [0.4, 0.5) is 11.4 Å². The lowest BCUT2D eigenvalue weighted by Gasteiger charge is -2.22. The van der Waals surface area contributed by atoms with E-state index in [1.165, 1.54) is 5.56 Å². The summed E-state index contributed by atoms with van der Waals surface area (Å²) in [5.41, 5.74) is 3.89. The van der Waals surface area contributed by atoms with Crippen LogP contribution in [0.3, 0.4) is 0 Å². The molecule has 0 radical (unpaired) electrons. The number of carbonyl (C=O) groups is 1. The minimum atomic E-state index is -3.71. The molecular formula is C23H20ClN3O3S2. The number of sulfonamides is 1. The van der Waals surface area contributed by atoms with Crippen LogP contribution in [0.1, 0.15) is 5.56 Å². The molecule has 0 saturated carbocycles. The maximum atomic E-state index is 12.6. The number of fused-ring (bicyclic) bond motifs is 1. The summed E-state index contributed by atoms with van der Waals surface area (Å²) in [6, 6.07) is 19.9. The third kappa shape index (κ3) is 4.93. The monoisotopic (exact) mass is 485 g/mol. The number of benzene rings is 3. The summed E-state index contributed by atoms with van der Waals surface area (Å²) < 4.78 is 26.6. The van der Waals surface area contributed by atoms with Gasteiger partial charge in [-0.25, -0.2) is 13.4 Å². The highest BCUT2D eigenvalue weighted by Crippen LogP contribution is 2.31. The van der Waals surface area contributed by atoms with Crippen LogP contribution in [-0.2, 0) is 14.8 Å². The van der Waals surface area contributed by atoms with Crippen LogP contribution in [0.5, 0.6) is 0 Å². The molecule has 0 aliphatic carbocycles. The lowest BCUT2D eigenvalue weighted by Crippen LogP contribution is -2.37. The van der Waals surface area contributed by atoms with Crippen molar-refractivity contribution in [2.45, 2.75) is 6.92 Å². The minimum absolute atomic E-state index is 0.251. The predicted molar refractivity (Wildman–Crippen MR) is 132 cm³/mol. The SMILES string of the molecule is Cc1ccc2nc(-c3ccc(NC(=O)CN(c4ccccc4Cl)S(C)(=O)=O)cc3)sc2c1. The van der Waals surface area contributed by atoms with Crippen molar-refractivity contribution in [3.63, 3.8) is 0 Å². The van der Waals surface area contributed by atoms with Crippen molar-refractivity contribution in [1.82, 2.24) is 4.98 Å². The molecule has 1 amide bonds. The molecule has 4 aromatic rings. The normalized spacial score (nSPS) is 11.5. The lowest BCUT2D eigenvalue weighted by atomic mass is 10.2. The van der Waals surface area contributed by atoms with E-state index in [4.69, 9.17) is 11.6 Å². The van der Waals surface area contributed by atoms with Gasteiger partial charge in [0.25, 0.3) is 0 Å². The molecule has 0 saturated heterocycles. The number of anilines is 2. The van der Waals surface area contributed by atoms with E-state index >= 15 is 0 Å². The molecule has 0 atom stereocenters. The second-order valence-electron chi connectivity index (χ2n) is 7.34. The zero-order valence-electron chi connectivity index (χ0n) is 17.4. The van der Waals surface area contributed by atoms with Gasteiger partial charge in [-0.1, -0.05) is 29.8 Å². The van der Waals surface area contributed by atoms with Crippen molar-refractivity contribution in [3.05, 3.63) is 77.3 Å². The summed E-state index contributed by atoms with van der Waals surface area (Å²) in [6.45, 7) is 1.66. The number of hydrogen-bond donors (Lipinski definition) is 1. The number of rotatable bonds is 6. The molecule has 0 unspecified atom stereocenters. The van der Waals surface area contributed by atoms with Crippen LogP contribution in [0.15, 0.2) is 66.7 Å². The molecule has 164 valence electrons. The van der Waals surface area contributed by atoms with E-state index in [9.17, 15) is 13.2 Å². The Bertz CT molecular complexity index is 1400. The number of amides is 1. The molecule has 1 aromatic heterocycles. The topological polar surface area (TPSA) is 79.4 Å². The third-order valence-corrected chi connectivity index (χ3v) is 7.28. The van der Waals surface area contributed by atoms with Crippen molar-refractivity contribution in [2.75, 3.05) is 22.4 Å². The predicted octanol–water partition coefficient (Wildman–Crippen LogP) is 5.33. The number of thiazole rings is 1. The standard InChI is InChI=1S/C23H20ClN3O3S2/c1-15-7-12-19-21(13-15)31-23(26-19)16-8-10-17(11-9-16)25-22(28)14-27(32(2,29)30)20-6-4-3-5-18(20)24/h3-13H,14H2,1-2H3,(H,25,28). The molecule has 4 rings (SSSR count). The quantitative estimate of drug-likeness (QED) is 0.400. The third-order valence-electron chi connectivity index (χ3n) is 4.77. The highest BCUT2D eigenvalue weighted by molar-refractivity contribution is 7.92. The van der Waals surface area contributed by atoms with Crippen LogP contribution < -0.4 is 9.62 Å². The molecule has 0 aliphatic rings. The largest absolute Gasteiger partial charge is 0.325 e. The van der Waals surface area contributed by atoms with E-state index in [0.717, 1.165) is 31.3 Å². The van der Waals surface area contributed by atoms with Gasteiger partial charge < -0.3 is 5.32 Å². The second-order valence-corrected chi connectivity index (χ2v) is 10.7. The fraction of sp³-hybridized carbons (Fsp3) is 0.130. The van der Waals surface area contributed by atoms with E-state index in [2.05, 4.69) is 16.4 Å². The fourth-order valence-corrected chi connectivity index (χ4v) is 5.44. The smallest absolute Gasteiger partial charge is 0.245 e. The summed E-state index contributed by atoms with van der Waals surface area (Å²) in [5.74, 6) is -0.474. The molecule has 1 heterocycles. The Labute approximate surface area is 195 Å². The van der Waals surface area contributed by atoms with Crippen molar-refractivity contribution < 1.29 is 13.2 Å². The Morgan fingerprint density at radius 1 is 1.09 bits per heavy atom. The van der Waals surface area contributed by atoms with Gasteiger partial charge in [-0.2, -0.15) is 0 Å². The van der Waals surface area contributed by atoms with Gasteiger partial charge in [-0.15, -0.1) is 11.3 Å². The van der Waals surface area contributed by atoms with Gasteiger partial charge in [0.1, 0.15) is 11.6 Å². The Balaban J connectivity index is 1.50. The summed E-state index contributed by atoms with van der Waals surface area (Å²) >= 11 is 7.75. The highest BCUT2D eigenvalue weighted by atomic mass is 35.5. The van der Waals surface area contributed by atoms with Crippen molar-refractivity contribution in [1.29, 1.82) is 0 Å². The van der Waals surface area contributed by atoms with Crippen molar-refractivity contribution in [3.8, 4) is 10.6 Å². The number of aromatic nitrogens is 1. The van der Waals surface area contributed by atoms with Gasteiger partial charge in [0, 0.05) is 11.3 Å². The molecule has 9 heteroatoms. The molecular weight excluding hydrogens is 466 g/mol. The Morgan fingerprint density at radius 2 is 1.81 bits per heavy atom. The van der Waals surface area contributed by atoms with Gasteiger partial charge in [0.15, 0.2) is 0 Å². The average Bonchev–Trinajstić information content (AvgIpc) is 3.15. The summed E-state index contributed by atoms with van der Waals surface area (Å²) in [4.78, 5) is 17.3. The maximum Gasteiger partial charge on any atom is 0.245 e. The fourth-order valence-electron chi connectivity index (χ4n) is 3.22. The van der Waals surface area contributed by atoms with Gasteiger partial charge in [-0.3, -0.25) is 9.10 Å². The zero-order chi connectivity index (χ0) is 22.9. The Hall–Kier alpha value is -2.94. The van der Waals surface area contributed by atoms with E-state index in [0.29, 0.717) is 5.69 Å². The highest BCUT2D eigenvalue weighted by Gasteiger charge is 2.22. The van der Waals surface area contributed by atoms with Crippen LogP contribution in [0.2, 0.25) is 5.02 Å². The molecule has 0 aliphatic heterocycles. The number of nitrogens with zero attached hydrogens (tertiary/aromatic N) is 2. The number of aryl methyl sites for hydroxylation is 1. The van der Waals surface area contributed by atoms with Crippen LogP contribution in [0.25, 0.3) is 20.8 Å². The number of carbonyl (C=O) groups excluding carboxylic acids is 1. The van der Waals surface area contributed by atoms with E-state index in [1.807, 2.05) is 31.2 Å². The Kier molecular flexibility index (Phi) is 6.19. The van der Waals surface area contributed by atoms with Gasteiger partial charge in [0.2, 0.25) is 15.9 Å². The van der Waals surface area contributed by atoms with Gasteiger partial charge in [-0.05, 0) is 61.0 Å². The first-order valence-corrected chi connectivity index (χ1v) is 12.7. The first-order chi connectivity index (χ1) is 15.2. The van der Waals surface area contributed by atoms with Gasteiger partial charge in [0.05, 0.1) is 27.2 Å². The molecule has 0 fully saturated rings. The lowest BCUT2D eigenvalue weighted by molar-refractivity contribution is -0.114. The number of hydrogen-bond acceptors (Lipinski definition) is 5. The first-order valence-electron chi connectivity index (χ1n) is 9.70. The summed E-state index contributed by atoms with van der Waals surface area (Å²) in [6.07, 6.45) is 1.04. The number of nitrogens with one attached hydrogen (secondary N) is 1. The second kappa shape index (κ2) is 8.90. The first kappa shape index (κ1) is 22.3. The average molecular weight is 486 g/mol. The summed E-state index contributed by atoms with van der Waals surface area (Å²) in [5, 5.41) is 3.89. The van der Waals surface area contributed by atoms with Crippen molar-refractivity contribution >= 4 is 60.5 Å². The van der Waals surface area contributed by atoms with Crippen molar-refractivity contribution in [2.24, 2.45) is 0 Å². The van der Waals surface area contributed by atoms with E-state index < -0.39 is 15.9 Å². The van der Waals surface area contributed by atoms with Crippen LogP contribution in [0, 0.1) is 6.92 Å². The zero-order valence-corrected chi connectivity index (χ0v) is 19.8. The summed E-state index contributed by atoms with van der Waals surface area (Å²) in [7, 11) is -3.71. The molecule has 3 aromatic carbocycles. The molecule has 6 nitrogen and oxygen atoms in total. The number of halogens is 1. The maximum absolute atomic E-state index is 12.6. The van der Waals surface area contributed by atoms with Gasteiger partial charge >= 0.3 is 0 Å². The van der Waals surface area contributed by atoms with Crippen LogP contribution in [-0.4, -0.2) is 32.1 Å². The molecule has 32 heavy (non-hydrogen) atoms. The molecule has 0 spiro atoms. The molecule has 1 N–H and O–H groups in total. The van der Waals surface area contributed by atoms with E-state index in [1.54, 1.807) is 47.7 Å². The van der Waals surface area contributed by atoms with Crippen LogP contribution >= 0.6 is 22.9 Å².